The Morgan fingerprint density at radius 1 is 1.17 bits per heavy atom. The van der Waals surface area contributed by atoms with Crippen LogP contribution >= 0.6 is 0 Å². The number of anilines is 1. The molecule has 3 rings (SSSR count). The minimum Gasteiger partial charge on any atom is -0.497 e. The monoisotopic (exact) mass is 504 g/mol. The van der Waals surface area contributed by atoms with E-state index in [0.717, 1.165) is 17.7 Å². The standard InChI is InChI=1S/C26H30F2N2O6/c1-26(2,3)22-18(27)12-15(13-19(22)28)29-24(33)23-17-6-5-16(36-4)11-14(17)9-10-30(23)21(32)8-7-20(31)25(34)35/h5-6,11-13,20,23,31H,7-10H2,1-4H3,(H,29,33)(H,34,35). The van der Waals surface area contributed by atoms with Gasteiger partial charge in [0, 0.05) is 24.2 Å². The smallest absolute Gasteiger partial charge is 0.332 e. The molecule has 0 fully saturated rings. The quantitative estimate of drug-likeness (QED) is 0.531. The number of carbonyl (C=O) groups is 3. The van der Waals surface area contributed by atoms with Crippen LogP contribution in [0.4, 0.5) is 14.5 Å². The first kappa shape index (κ1) is 27.1. The molecule has 36 heavy (non-hydrogen) atoms. The first-order chi connectivity index (χ1) is 16.8. The predicted molar refractivity (Wildman–Crippen MR) is 128 cm³/mol. The first-order valence-electron chi connectivity index (χ1n) is 11.5. The highest BCUT2D eigenvalue weighted by atomic mass is 19.1. The lowest BCUT2D eigenvalue weighted by Crippen LogP contribution is -2.45. The van der Waals surface area contributed by atoms with Crippen molar-refractivity contribution < 1.29 is 38.1 Å². The summed E-state index contributed by atoms with van der Waals surface area (Å²) in [5, 5.41) is 21.0. The van der Waals surface area contributed by atoms with Crippen LogP contribution in [0.3, 0.4) is 0 Å². The molecule has 2 atom stereocenters. The van der Waals surface area contributed by atoms with Crippen molar-refractivity contribution in [2.24, 2.45) is 0 Å². The molecule has 0 aliphatic carbocycles. The van der Waals surface area contributed by atoms with E-state index in [0.29, 0.717) is 17.7 Å². The summed E-state index contributed by atoms with van der Waals surface area (Å²) in [7, 11) is 1.50. The van der Waals surface area contributed by atoms with Crippen molar-refractivity contribution in [2.75, 3.05) is 19.0 Å². The molecule has 0 bridgehead atoms. The fourth-order valence-corrected chi connectivity index (χ4v) is 4.38. The Labute approximate surface area is 207 Å². The molecular formula is C26H30F2N2O6. The van der Waals surface area contributed by atoms with Crippen molar-refractivity contribution in [3.8, 4) is 5.75 Å². The van der Waals surface area contributed by atoms with E-state index in [9.17, 15) is 28.3 Å². The Balaban J connectivity index is 1.94. The molecule has 1 aliphatic rings. The lowest BCUT2D eigenvalue weighted by Gasteiger charge is -2.36. The number of carboxylic acids is 1. The van der Waals surface area contributed by atoms with Gasteiger partial charge in [0.05, 0.1) is 7.11 Å². The summed E-state index contributed by atoms with van der Waals surface area (Å²) < 4.78 is 34.7. The van der Waals surface area contributed by atoms with Crippen LogP contribution in [0.1, 0.15) is 56.3 Å². The number of aliphatic hydroxyl groups is 1. The van der Waals surface area contributed by atoms with Crippen LogP contribution in [0.15, 0.2) is 30.3 Å². The molecule has 1 aliphatic heterocycles. The summed E-state index contributed by atoms with van der Waals surface area (Å²) in [4.78, 5) is 38.6. The second-order valence-corrected chi connectivity index (χ2v) is 9.75. The molecule has 8 nitrogen and oxygen atoms in total. The number of aliphatic carboxylic acids is 1. The van der Waals surface area contributed by atoms with Gasteiger partial charge in [-0.05, 0) is 53.6 Å². The molecule has 0 saturated carbocycles. The Kier molecular flexibility index (Phi) is 7.98. The second-order valence-electron chi connectivity index (χ2n) is 9.75. The highest BCUT2D eigenvalue weighted by molar-refractivity contribution is 5.98. The summed E-state index contributed by atoms with van der Waals surface area (Å²) >= 11 is 0. The number of benzene rings is 2. The third-order valence-corrected chi connectivity index (χ3v) is 6.12. The topological polar surface area (TPSA) is 116 Å². The van der Waals surface area contributed by atoms with E-state index < -0.39 is 47.0 Å². The highest BCUT2D eigenvalue weighted by Gasteiger charge is 2.36. The molecule has 0 saturated heterocycles. The van der Waals surface area contributed by atoms with Crippen LogP contribution in [-0.2, 0) is 26.2 Å². The number of ether oxygens (including phenoxy) is 1. The van der Waals surface area contributed by atoms with E-state index in [-0.39, 0.29) is 30.6 Å². The summed E-state index contributed by atoms with van der Waals surface area (Å²) in [5.41, 5.74) is 0.284. The van der Waals surface area contributed by atoms with Crippen LogP contribution < -0.4 is 10.1 Å². The molecule has 2 aromatic carbocycles. The number of amides is 2. The number of rotatable bonds is 7. The third kappa shape index (κ3) is 5.81. The van der Waals surface area contributed by atoms with Gasteiger partial charge in [-0.25, -0.2) is 13.6 Å². The molecular weight excluding hydrogens is 474 g/mol. The van der Waals surface area contributed by atoms with Crippen molar-refractivity contribution >= 4 is 23.5 Å². The molecule has 0 spiro atoms. The number of halogens is 2. The summed E-state index contributed by atoms with van der Waals surface area (Å²) in [6, 6.07) is 5.97. The number of hydrogen-bond acceptors (Lipinski definition) is 5. The number of methoxy groups -OCH3 is 1. The molecule has 1 heterocycles. The maximum absolute atomic E-state index is 14.7. The van der Waals surface area contributed by atoms with Crippen LogP contribution in [-0.4, -0.2) is 52.7 Å². The number of nitrogens with zero attached hydrogens (tertiary/aromatic N) is 1. The minimum atomic E-state index is -1.71. The first-order valence-corrected chi connectivity index (χ1v) is 11.5. The minimum absolute atomic E-state index is 0.0997. The number of aliphatic hydroxyl groups excluding tert-OH is 1. The average Bonchev–Trinajstić information content (AvgIpc) is 2.79. The van der Waals surface area contributed by atoms with Gasteiger partial charge >= 0.3 is 5.97 Å². The fraction of sp³-hybridized carbons (Fsp3) is 0.423. The summed E-state index contributed by atoms with van der Waals surface area (Å²) in [6.45, 7) is 5.16. The lowest BCUT2D eigenvalue weighted by atomic mass is 9.86. The molecule has 194 valence electrons. The van der Waals surface area contributed by atoms with Gasteiger partial charge in [0.2, 0.25) is 5.91 Å². The zero-order chi connectivity index (χ0) is 26.8. The van der Waals surface area contributed by atoms with Gasteiger partial charge in [0.15, 0.2) is 6.10 Å². The van der Waals surface area contributed by atoms with E-state index >= 15 is 0 Å². The van der Waals surface area contributed by atoms with Crippen molar-refractivity contribution in [1.82, 2.24) is 4.90 Å². The van der Waals surface area contributed by atoms with Crippen LogP contribution in [0.2, 0.25) is 0 Å². The Morgan fingerprint density at radius 3 is 2.36 bits per heavy atom. The van der Waals surface area contributed by atoms with Crippen molar-refractivity contribution in [1.29, 1.82) is 0 Å². The SMILES string of the molecule is COc1ccc2c(c1)CCN(C(=O)CCC(O)C(=O)O)C2C(=O)Nc1cc(F)c(C(C)(C)C)c(F)c1. The van der Waals surface area contributed by atoms with Crippen molar-refractivity contribution in [3.63, 3.8) is 0 Å². The predicted octanol–water partition coefficient (Wildman–Crippen LogP) is 3.56. The molecule has 0 radical (unpaired) electrons. The normalized spacial score (nSPS) is 16.2. The van der Waals surface area contributed by atoms with E-state index in [4.69, 9.17) is 9.84 Å². The zero-order valence-corrected chi connectivity index (χ0v) is 20.6. The van der Waals surface area contributed by atoms with Gasteiger partial charge in [0.25, 0.3) is 5.91 Å². The maximum Gasteiger partial charge on any atom is 0.332 e. The van der Waals surface area contributed by atoms with Gasteiger partial charge in [0.1, 0.15) is 23.4 Å². The van der Waals surface area contributed by atoms with Gasteiger partial charge in [-0.3, -0.25) is 9.59 Å². The molecule has 10 heteroatoms. The second kappa shape index (κ2) is 10.6. The maximum atomic E-state index is 14.7. The van der Waals surface area contributed by atoms with E-state index in [1.807, 2.05) is 0 Å². The zero-order valence-electron chi connectivity index (χ0n) is 20.6. The number of carboxylic acid groups (broad SMARTS) is 1. The summed E-state index contributed by atoms with van der Waals surface area (Å²) in [6.07, 6.45) is -1.92. The van der Waals surface area contributed by atoms with E-state index in [1.165, 1.54) is 12.0 Å². The van der Waals surface area contributed by atoms with Crippen LogP contribution in [0.5, 0.6) is 5.75 Å². The van der Waals surface area contributed by atoms with Crippen LogP contribution in [0, 0.1) is 11.6 Å². The molecule has 2 aromatic rings. The van der Waals surface area contributed by atoms with Crippen LogP contribution in [0.25, 0.3) is 0 Å². The van der Waals surface area contributed by atoms with Gasteiger partial charge in [-0.15, -0.1) is 0 Å². The average molecular weight is 505 g/mol. The van der Waals surface area contributed by atoms with Gasteiger partial charge in [-0.1, -0.05) is 26.8 Å². The van der Waals surface area contributed by atoms with Crippen molar-refractivity contribution in [2.45, 2.75) is 57.6 Å². The lowest BCUT2D eigenvalue weighted by molar-refractivity contribution is -0.148. The number of fused-ring (bicyclic) bond motifs is 1. The van der Waals surface area contributed by atoms with Gasteiger partial charge in [-0.2, -0.15) is 0 Å². The number of carbonyl (C=O) groups excluding carboxylic acids is 2. The molecule has 2 amide bonds. The molecule has 2 unspecified atom stereocenters. The number of hydrogen-bond donors (Lipinski definition) is 3. The van der Waals surface area contributed by atoms with Crippen molar-refractivity contribution in [3.05, 3.63) is 58.7 Å². The van der Waals surface area contributed by atoms with E-state index in [1.54, 1.807) is 39.0 Å². The fourth-order valence-electron chi connectivity index (χ4n) is 4.38. The van der Waals surface area contributed by atoms with E-state index in [2.05, 4.69) is 5.32 Å². The Hall–Kier alpha value is -3.53. The third-order valence-electron chi connectivity index (χ3n) is 6.12. The Morgan fingerprint density at radius 2 is 1.81 bits per heavy atom. The highest BCUT2D eigenvalue weighted by Crippen LogP contribution is 2.35. The van der Waals surface area contributed by atoms with Gasteiger partial charge < -0.3 is 25.2 Å². The summed E-state index contributed by atoms with van der Waals surface area (Å²) in [5.74, 6) is -3.70. The Bertz CT molecular complexity index is 1150. The molecule has 0 aromatic heterocycles. The number of nitrogens with one attached hydrogen (secondary N) is 1. The largest absolute Gasteiger partial charge is 0.497 e. The molecule has 3 N–H and O–H groups in total.